The van der Waals surface area contributed by atoms with Crippen molar-refractivity contribution >= 4 is 22.8 Å². The van der Waals surface area contributed by atoms with E-state index in [2.05, 4.69) is 14.5 Å². The molecule has 0 saturated heterocycles. The Labute approximate surface area is 125 Å². The number of esters is 2. The van der Waals surface area contributed by atoms with E-state index in [9.17, 15) is 14.0 Å². The van der Waals surface area contributed by atoms with Crippen LogP contribution in [0.5, 0.6) is 5.88 Å². The first-order valence-corrected chi connectivity index (χ1v) is 6.32. The second-order valence-corrected chi connectivity index (χ2v) is 4.37. The summed E-state index contributed by atoms with van der Waals surface area (Å²) in [5.41, 5.74) is -0.0600. The number of nitrogens with zero attached hydrogens (tertiary/aromatic N) is 1. The summed E-state index contributed by atoms with van der Waals surface area (Å²) >= 11 is 0. The van der Waals surface area contributed by atoms with Crippen LogP contribution in [0.2, 0.25) is 0 Å². The predicted molar refractivity (Wildman–Crippen MR) is 75.0 cm³/mol. The largest absolute Gasteiger partial charge is 0.481 e. The summed E-state index contributed by atoms with van der Waals surface area (Å²) in [4.78, 5) is 28.0. The molecule has 0 unspecified atom stereocenters. The van der Waals surface area contributed by atoms with Gasteiger partial charge in [0.15, 0.2) is 5.92 Å². The van der Waals surface area contributed by atoms with Gasteiger partial charge in [0.2, 0.25) is 5.88 Å². The molecule has 0 aliphatic heterocycles. The molecule has 0 N–H and O–H groups in total. The normalized spacial score (nSPS) is 10.6. The number of carbonyl (C=O) groups excluding carboxylic acids is 2. The molecule has 116 valence electrons. The van der Waals surface area contributed by atoms with Crippen LogP contribution in [0.15, 0.2) is 24.3 Å². The number of pyridine rings is 1. The Morgan fingerprint density at radius 3 is 2.18 bits per heavy atom. The highest BCUT2D eigenvalue weighted by molar-refractivity contribution is 6.04. The first kappa shape index (κ1) is 15.7. The molecule has 7 heteroatoms. The molecule has 2 aromatic rings. The lowest BCUT2D eigenvalue weighted by Crippen LogP contribution is -2.25. The van der Waals surface area contributed by atoms with E-state index in [4.69, 9.17) is 4.74 Å². The number of carbonyl (C=O) groups is 2. The van der Waals surface area contributed by atoms with E-state index in [1.165, 1.54) is 13.2 Å². The zero-order chi connectivity index (χ0) is 16.3. The van der Waals surface area contributed by atoms with Crippen molar-refractivity contribution in [1.29, 1.82) is 0 Å². The van der Waals surface area contributed by atoms with E-state index in [1.54, 1.807) is 12.1 Å². The van der Waals surface area contributed by atoms with Crippen LogP contribution in [0.25, 0.3) is 10.9 Å². The van der Waals surface area contributed by atoms with Gasteiger partial charge in [0.05, 0.1) is 26.8 Å². The van der Waals surface area contributed by atoms with Gasteiger partial charge in [-0.25, -0.2) is 9.37 Å². The number of benzene rings is 1. The van der Waals surface area contributed by atoms with Crippen LogP contribution in [0.3, 0.4) is 0 Å². The summed E-state index contributed by atoms with van der Waals surface area (Å²) < 4.78 is 28.5. The van der Waals surface area contributed by atoms with Gasteiger partial charge in [-0.1, -0.05) is 0 Å². The van der Waals surface area contributed by atoms with Gasteiger partial charge < -0.3 is 14.2 Å². The monoisotopic (exact) mass is 307 g/mol. The third-order valence-electron chi connectivity index (χ3n) is 3.19. The molecule has 6 nitrogen and oxygen atoms in total. The van der Waals surface area contributed by atoms with Crippen LogP contribution in [-0.4, -0.2) is 38.3 Å². The molecule has 0 amide bonds. The van der Waals surface area contributed by atoms with Crippen molar-refractivity contribution in [3.8, 4) is 5.88 Å². The SMILES string of the molecule is COC(=O)C(C(=O)OC)c1c(F)ccc2ccc(OC)nc12. The maximum atomic E-state index is 14.3. The van der Waals surface area contributed by atoms with Crippen molar-refractivity contribution < 1.29 is 28.2 Å². The van der Waals surface area contributed by atoms with Crippen molar-refractivity contribution in [1.82, 2.24) is 4.98 Å². The second-order valence-electron chi connectivity index (χ2n) is 4.37. The first-order chi connectivity index (χ1) is 10.5. The number of aromatic nitrogens is 1. The van der Waals surface area contributed by atoms with Gasteiger partial charge in [-0.3, -0.25) is 9.59 Å². The van der Waals surface area contributed by atoms with Gasteiger partial charge in [-0.05, 0) is 18.2 Å². The fourth-order valence-electron chi connectivity index (χ4n) is 2.12. The van der Waals surface area contributed by atoms with Gasteiger partial charge >= 0.3 is 11.9 Å². The van der Waals surface area contributed by atoms with Gasteiger partial charge in [-0.15, -0.1) is 0 Å². The summed E-state index contributed by atoms with van der Waals surface area (Å²) in [5.74, 6) is -3.94. The Balaban J connectivity index is 2.77. The molecule has 0 saturated carbocycles. The minimum atomic E-state index is -1.56. The Morgan fingerprint density at radius 2 is 1.64 bits per heavy atom. The molecule has 0 bridgehead atoms. The number of ether oxygens (including phenoxy) is 3. The molecule has 0 radical (unpaired) electrons. The van der Waals surface area contributed by atoms with Crippen LogP contribution in [0, 0.1) is 5.82 Å². The Bertz CT molecular complexity index is 715. The van der Waals surface area contributed by atoms with Crippen LogP contribution in [0.4, 0.5) is 4.39 Å². The van der Waals surface area contributed by atoms with E-state index in [1.807, 2.05) is 0 Å². The van der Waals surface area contributed by atoms with E-state index in [0.29, 0.717) is 5.39 Å². The topological polar surface area (TPSA) is 74.7 Å². The first-order valence-electron chi connectivity index (χ1n) is 6.32. The minimum Gasteiger partial charge on any atom is -0.481 e. The minimum absolute atomic E-state index is 0.139. The number of halogens is 1. The molecule has 0 aliphatic carbocycles. The average Bonchev–Trinajstić information content (AvgIpc) is 2.55. The molecule has 0 fully saturated rings. The Hall–Kier alpha value is -2.70. The van der Waals surface area contributed by atoms with Crippen molar-refractivity contribution in [3.63, 3.8) is 0 Å². The molecular formula is C15H14FNO5. The smallest absolute Gasteiger partial charge is 0.324 e. The van der Waals surface area contributed by atoms with Crippen molar-refractivity contribution in [3.05, 3.63) is 35.6 Å². The number of hydrogen-bond acceptors (Lipinski definition) is 6. The third-order valence-corrected chi connectivity index (χ3v) is 3.19. The average molecular weight is 307 g/mol. The fraction of sp³-hybridized carbons (Fsp3) is 0.267. The van der Waals surface area contributed by atoms with Gasteiger partial charge in [0, 0.05) is 17.0 Å². The Kier molecular flexibility index (Phi) is 4.55. The molecule has 22 heavy (non-hydrogen) atoms. The molecule has 0 spiro atoms. The van der Waals surface area contributed by atoms with Crippen LogP contribution >= 0.6 is 0 Å². The number of rotatable bonds is 4. The summed E-state index contributed by atoms with van der Waals surface area (Å²) in [5, 5.41) is 0.551. The van der Waals surface area contributed by atoms with E-state index in [-0.39, 0.29) is 17.0 Å². The van der Waals surface area contributed by atoms with Crippen LogP contribution in [0.1, 0.15) is 11.5 Å². The summed E-state index contributed by atoms with van der Waals surface area (Å²) in [6.07, 6.45) is 0. The molecule has 1 aromatic heterocycles. The van der Waals surface area contributed by atoms with E-state index in [0.717, 1.165) is 20.3 Å². The fourth-order valence-corrected chi connectivity index (χ4v) is 2.12. The van der Waals surface area contributed by atoms with Gasteiger partial charge in [-0.2, -0.15) is 0 Å². The molecule has 2 rings (SSSR count). The lowest BCUT2D eigenvalue weighted by Gasteiger charge is -2.15. The summed E-state index contributed by atoms with van der Waals surface area (Å²) in [6.45, 7) is 0. The molecular weight excluding hydrogens is 293 g/mol. The zero-order valence-electron chi connectivity index (χ0n) is 12.3. The number of hydrogen-bond donors (Lipinski definition) is 0. The van der Waals surface area contributed by atoms with E-state index < -0.39 is 23.7 Å². The predicted octanol–water partition coefficient (Wildman–Crippen LogP) is 1.81. The molecule has 0 aliphatic rings. The summed E-state index contributed by atoms with van der Waals surface area (Å²) in [6, 6.07) is 5.89. The van der Waals surface area contributed by atoms with Crippen molar-refractivity contribution in [2.24, 2.45) is 0 Å². The maximum absolute atomic E-state index is 14.3. The number of methoxy groups -OCH3 is 3. The van der Waals surface area contributed by atoms with Gasteiger partial charge in [0.1, 0.15) is 5.82 Å². The van der Waals surface area contributed by atoms with Crippen molar-refractivity contribution in [2.75, 3.05) is 21.3 Å². The zero-order valence-corrected chi connectivity index (χ0v) is 12.3. The van der Waals surface area contributed by atoms with Crippen LogP contribution < -0.4 is 4.74 Å². The van der Waals surface area contributed by atoms with Crippen LogP contribution in [-0.2, 0) is 19.1 Å². The quantitative estimate of drug-likeness (QED) is 0.633. The molecule has 1 heterocycles. The summed E-state index contributed by atoms with van der Waals surface area (Å²) in [7, 11) is 3.62. The third kappa shape index (κ3) is 2.69. The Morgan fingerprint density at radius 1 is 1.05 bits per heavy atom. The van der Waals surface area contributed by atoms with Gasteiger partial charge in [0.25, 0.3) is 0 Å². The highest BCUT2D eigenvalue weighted by Crippen LogP contribution is 2.30. The maximum Gasteiger partial charge on any atom is 0.324 e. The highest BCUT2D eigenvalue weighted by atomic mass is 19.1. The second kappa shape index (κ2) is 6.38. The lowest BCUT2D eigenvalue weighted by atomic mass is 9.95. The highest BCUT2D eigenvalue weighted by Gasteiger charge is 2.35. The standard InChI is InChI=1S/C15H14FNO5/c1-20-10-7-5-8-4-6-9(16)11(13(8)17-10)12(14(18)21-2)15(19)22-3/h4-7,12H,1-3H3. The molecule has 1 aromatic carbocycles. The van der Waals surface area contributed by atoms with E-state index >= 15 is 0 Å². The lowest BCUT2D eigenvalue weighted by molar-refractivity contribution is -0.154. The van der Waals surface area contributed by atoms with Crippen molar-refractivity contribution in [2.45, 2.75) is 5.92 Å². The number of fused-ring (bicyclic) bond motifs is 1. The molecule has 0 atom stereocenters.